The van der Waals surface area contributed by atoms with Crippen LogP contribution in [0.4, 0.5) is 19.0 Å². The van der Waals surface area contributed by atoms with Gasteiger partial charge in [0.2, 0.25) is 5.88 Å². The lowest BCUT2D eigenvalue weighted by Crippen LogP contribution is -2.09. The number of anilines is 1. The van der Waals surface area contributed by atoms with Crippen LogP contribution >= 0.6 is 0 Å². The Balaban J connectivity index is 1.22. The highest BCUT2D eigenvalue weighted by atomic mass is 19.4. The first-order chi connectivity index (χ1) is 20.4. The van der Waals surface area contributed by atoms with E-state index in [1.807, 2.05) is 12.1 Å². The minimum absolute atomic E-state index is 0.240. The lowest BCUT2D eigenvalue weighted by Gasteiger charge is -2.14. The summed E-state index contributed by atoms with van der Waals surface area (Å²) in [5, 5.41) is 8.01. The number of nitrogens with zero attached hydrogens (tertiary/aromatic N) is 8. The molecule has 42 heavy (non-hydrogen) atoms. The molecular formula is C28H26F3N9O2. The third-order valence-electron chi connectivity index (χ3n) is 7.34. The Labute approximate surface area is 237 Å². The first-order valence-electron chi connectivity index (χ1n) is 13.6. The molecule has 5 heterocycles. The molecule has 216 valence electrons. The highest BCUT2D eigenvalue weighted by Gasteiger charge is 2.35. The number of aryl methyl sites for hydroxylation is 1. The summed E-state index contributed by atoms with van der Waals surface area (Å²) < 4.78 is 55.1. The minimum Gasteiger partial charge on any atom is -0.493 e. The standard InChI is InChI=1S/C28H26F3N9O2/c1-41-27-21(22(17-5-6-17)34-15-35-27)23-37-24(26-32-8-10-40(26)38-23)33-13-16-4-7-18-19(12-16)42-11-3-2-9-39-14-20(28(29,30)31)36-25(18)39/h4,7-8,10,12,14-15,17H,2-3,5-6,9,11,13H2,1H3,(H,33,37,38). The second-order valence-corrected chi connectivity index (χ2v) is 10.3. The van der Waals surface area contributed by atoms with Crippen molar-refractivity contribution in [2.24, 2.45) is 0 Å². The molecule has 1 N–H and O–H groups in total. The van der Waals surface area contributed by atoms with E-state index < -0.39 is 11.9 Å². The molecule has 0 radical (unpaired) electrons. The number of hydrogen-bond acceptors (Lipinski definition) is 9. The highest BCUT2D eigenvalue weighted by Crippen LogP contribution is 2.45. The third kappa shape index (κ3) is 4.86. The van der Waals surface area contributed by atoms with Crippen molar-refractivity contribution in [1.29, 1.82) is 0 Å². The van der Waals surface area contributed by atoms with E-state index in [9.17, 15) is 13.2 Å². The molecule has 1 aliphatic carbocycles. The third-order valence-corrected chi connectivity index (χ3v) is 7.34. The number of alkyl halides is 3. The zero-order valence-corrected chi connectivity index (χ0v) is 22.6. The smallest absolute Gasteiger partial charge is 0.434 e. The molecule has 11 nitrogen and oxygen atoms in total. The van der Waals surface area contributed by atoms with E-state index >= 15 is 0 Å². The van der Waals surface area contributed by atoms with Gasteiger partial charge in [-0.25, -0.2) is 29.4 Å². The van der Waals surface area contributed by atoms with Gasteiger partial charge in [0.1, 0.15) is 23.5 Å². The number of nitrogens with one attached hydrogen (secondary N) is 1. The summed E-state index contributed by atoms with van der Waals surface area (Å²) in [4.78, 5) is 21.9. The van der Waals surface area contributed by atoms with Crippen molar-refractivity contribution in [2.45, 2.75) is 50.9 Å². The lowest BCUT2D eigenvalue weighted by atomic mass is 10.1. The van der Waals surface area contributed by atoms with E-state index in [0.29, 0.717) is 78.5 Å². The van der Waals surface area contributed by atoms with Crippen molar-refractivity contribution in [2.75, 3.05) is 19.0 Å². The van der Waals surface area contributed by atoms with Crippen LogP contribution in [0.15, 0.2) is 43.1 Å². The molecule has 0 unspecified atom stereocenters. The Hall–Kier alpha value is -4.75. The fraction of sp³-hybridized carbons (Fsp3) is 0.357. The van der Waals surface area contributed by atoms with Crippen LogP contribution in [0.1, 0.15) is 48.6 Å². The number of hydrogen-bond donors (Lipinski definition) is 1. The molecule has 14 heteroatoms. The Morgan fingerprint density at radius 1 is 1.12 bits per heavy atom. The summed E-state index contributed by atoms with van der Waals surface area (Å²) >= 11 is 0. The van der Waals surface area contributed by atoms with E-state index in [4.69, 9.17) is 14.5 Å². The van der Waals surface area contributed by atoms with Crippen LogP contribution in [0.25, 0.3) is 28.4 Å². The SMILES string of the molecule is COc1ncnc(C2CC2)c1-c1nc(NCc2ccc3c(c2)OCCCCn2cc(C(F)(F)F)nc2-3)c2nccn2n1. The van der Waals surface area contributed by atoms with Gasteiger partial charge in [-0.3, -0.25) is 0 Å². The number of benzene rings is 1. The normalized spacial score (nSPS) is 15.2. The zero-order chi connectivity index (χ0) is 28.8. The first kappa shape index (κ1) is 26.2. The van der Waals surface area contributed by atoms with Gasteiger partial charge in [0, 0.05) is 37.6 Å². The molecule has 1 fully saturated rings. The van der Waals surface area contributed by atoms with Crippen molar-refractivity contribution in [3.63, 3.8) is 0 Å². The maximum absolute atomic E-state index is 13.4. The minimum atomic E-state index is -4.53. The van der Waals surface area contributed by atoms with Gasteiger partial charge in [-0.1, -0.05) is 6.07 Å². The molecule has 7 rings (SSSR count). The van der Waals surface area contributed by atoms with Crippen LogP contribution < -0.4 is 14.8 Å². The quantitative estimate of drug-likeness (QED) is 0.293. The fourth-order valence-corrected chi connectivity index (χ4v) is 5.14. The van der Waals surface area contributed by atoms with Crippen molar-refractivity contribution < 1.29 is 22.6 Å². The van der Waals surface area contributed by atoms with Crippen LogP contribution in [0.2, 0.25) is 0 Å². The fourth-order valence-electron chi connectivity index (χ4n) is 5.14. The number of aromatic nitrogens is 8. The maximum atomic E-state index is 13.4. The molecule has 2 aliphatic rings. The van der Waals surface area contributed by atoms with Gasteiger partial charge < -0.3 is 19.4 Å². The van der Waals surface area contributed by atoms with E-state index in [1.165, 1.54) is 6.33 Å². The number of methoxy groups -OCH3 is 1. The molecule has 0 amide bonds. The Kier molecular flexibility index (Phi) is 6.39. The summed E-state index contributed by atoms with van der Waals surface area (Å²) in [5.74, 6) is 2.33. The van der Waals surface area contributed by atoms with Crippen LogP contribution in [0, 0.1) is 0 Å². The number of fused-ring (bicyclic) bond motifs is 4. The Morgan fingerprint density at radius 3 is 2.81 bits per heavy atom. The molecule has 0 saturated heterocycles. The topological polar surface area (TPSA) is 117 Å². The first-order valence-corrected chi connectivity index (χ1v) is 13.6. The van der Waals surface area contributed by atoms with E-state index in [-0.39, 0.29) is 5.82 Å². The van der Waals surface area contributed by atoms with Crippen molar-refractivity contribution in [1.82, 2.24) is 39.1 Å². The maximum Gasteiger partial charge on any atom is 0.434 e. The molecule has 5 aromatic rings. The number of rotatable bonds is 6. The largest absolute Gasteiger partial charge is 0.493 e. The molecule has 1 saturated carbocycles. The van der Waals surface area contributed by atoms with Crippen LogP contribution in [-0.2, 0) is 19.3 Å². The monoisotopic (exact) mass is 577 g/mol. The van der Waals surface area contributed by atoms with Gasteiger partial charge in [0.25, 0.3) is 0 Å². The predicted molar refractivity (Wildman–Crippen MR) is 145 cm³/mol. The predicted octanol–water partition coefficient (Wildman–Crippen LogP) is 5.13. The van der Waals surface area contributed by atoms with Crippen LogP contribution in [0.3, 0.4) is 0 Å². The van der Waals surface area contributed by atoms with Crippen molar-refractivity contribution in [3.05, 3.63) is 60.1 Å². The van der Waals surface area contributed by atoms with Gasteiger partial charge >= 0.3 is 6.18 Å². The van der Waals surface area contributed by atoms with Crippen molar-refractivity contribution in [3.8, 4) is 34.4 Å². The van der Waals surface area contributed by atoms with Gasteiger partial charge in [0.15, 0.2) is 23.0 Å². The summed E-state index contributed by atoms with van der Waals surface area (Å²) in [6, 6.07) is 5.41. The molecule has 0 spiro atoms. The molecular weight excluding hydrogens is 551 g/mol. The summed E-state index contributed by atoms with van der Waals surface area (Å²) in [6.07, 6.45) is 4.86. The summed E-state index contributed by atoms with van der Waals surface area (Å²) in [5.41, 5.74) is 2.48. The molecule has 0 atom stereocenters. The lowest BCUT2D eigenvalue weighted by molar-refractivity contribution is -0.140. The highest BCUT2D eigenvalue weighted by molar-refractivity contribution is 5.71. The second kappa shape index (κ2) is 10.3. The Bertz CT molecular complexity index is 1780. The van der Waals surface area contributed by atoms with Crippen LogP contribution in [-0.4, -0.2) is 52.8 Å². The number of halogens is 3. The van der Waals surface area contributed by atoms with Gasteiger partial charge in [0.05, 0.1) is 25.0 Å². The summed E-state index contributed by atoms with van der Waals surface area (Å²) in [7, 11) is 1.55. The number of ether oxygens (including phenoxy) is 2. The molecule has 4 aromatic heterocycles. The van der Waals surface area contributed by atoms with Crippen molar-refractivity contribution >= 4 is 11.5 Å². The van der Waals surface area contributed by atoms with Gasteiger partial charge in [-0.15, -0.1) is 5.10 Å². The van der Waals surface area contributed by atoms with E-state index in [1.54, 1.807) is 34.7 Å². The van der Waals surface area contributed by atoms with E-state index in [0.717, 1.165) is 30.3 Å². The van der Waals surface area contributed by atoms with E-state index in [2.05, 4.69) is 30.4 Å². The second-order valence-electron chi connectivity index (χ2n) is 10.3. The molecule has 1 aliphatic heterocycles. The average molecular weight is 578 g/mol. The summed E-state index contributed by atoms with van der Waals surface area (Å²) in [6.45, 7) is 1.23. The number of imidazole rings is 2. The average Bonchev–Trinajstić information content (AvgIpc) is 3.53. The Morgan fingerprint density at radius 2 is 2.00 bits per heavy atom. The van der Waals surface area contributed by atoms with Gasteiger partial charge in [-0.2, -0.15) is 13.2 Å². The van der Waals surface area contributed by atoms with Crippen LogP contribution in [0.5, 0.6) is 11.6 Å². The zero-order valence-electron chi connectivity index (χ0n) is 22.6. The van der Waals surface area contributed by atoms with Gasteiger partial charge in [-0.05, 0) is 43.4 Å². The molecule has 1 aromatic carbocycles. The molecule has 0 bridgehead atoms.